The highest BCUT2D eigenvalue weighted by atomic mass is 127. The molecule has 0 radical (unpaired) electrons. The Morgan fingerprint density at radius 1 is 0.862 bits per heavy atom. The summed E-state index contributed by atoms with van der Waals surface area (Å²) in [4.78, 5) is 0. The number of hydrogen-bond donors (Lipinski definition) is 0. The minimum atomic E-state index is 0.534. The van der Waals surface area contributed by atoms with Gasteiger partial charge < -0.3 is 4.74 Å². The van der Waals surface area contributed by atoms with Crippen LogP contribution in [0.1, 0.15) is 16.7 Å². The van der Waals surface area contributed by atoms with Gasteiger partial charge in [0.2, 0.25) is 0 Å². The third-order valence-corrected chi connectivity index (χ3v) is 5.53. The second-order valence-electron chi connectivity index (χ2n) is 6.70. The van der Waals surface area contributed by atoms with Gasteiger partial charge in [-0.25, -0.2) is 0 Å². The first-order chi connectivity index (χ1) is 14.2. The third kappa shape index (κ3) is 4.67. The molecule has 4 rings (SSSR count). The van der Waals surface area contributed by atoms with Crippen molar-refractivity contribution in [3.8, 4) is 11.8 Å². The SMILES string of the molecule is N#C/C(=C/c1ccc(OCc2ccccc2)c(I)c1)c1ccc2ccccc2c1. The van der Waals surface area contributed by atoms with Gasteiger partial charge in [-0.3, -0.25) is 0 Å². The maximum absolute atomic E-state index is 9.70. The summed E-state index contributed by atoms with van der Waals surface area (Å²) in [6.45, 7) is 0.534. The minimum absolute atomic E-state index is 0.534. The molecule has 0 heterocycles. The summed E-state index contributed by atoms with van der Waals surface area (Å²) < 4.78 is 6.97. The van der Waals surface area contributed by atoms with E-state index in [4.69, 9.17) is 4.74 Å². The first-order valence-corrected chi connectivity index (χ1v) is 10.4. The van der Waals surface area contributed by atoms with E-state index >= 15 is 0 Å². The van der Waals surface area contributed by atoms with Crippen LogP contribution in [-0.2, 0) is 6.61 Å². The zero-order valence-corrected chi connectivity index (χ0v) is 17.8. The second-order valence-corrected chi connectivity index (χ2v) is 7.86. The van der Waals surface area contributed by atoms with Gasteiger partial charge in [-0.05, 0) is 74.3 Å². The summed E-state index contributed by atoms with van der Waals surface area (Å²) in [6, 6.07) is 32.7. The predicted molar refractivity (Wildman–Crippen MR) is 127 cm³/mol. The Hall–Kier alpha value is -3.10. The molecule has 4 aromatic carbocycles. The molecule has 0 spiro atoms. The van der Waals surface area contributed by atoms with E-state index < -0.39 is 0 Å². The van der Waals surface area contributed by atoms with Gasteiger partial charge >= 0.3 is 0 Å². The molecule has 29 heavy (non-hydrogen) atoms. The van der Waals surface area contributed by atoms with Gasteiger partial charge in [0.15, 0.2) is 0 Å². The lowest BCUT2D eigenvalue weighted by molar-refractivity contribution is 0.304. The minimum Gasteiger partial charge on any atom is -0.488 e. The summed E-state index contributed by atoms with van der Waals surface area (Å²) >= 11 is 2.28. The predicted octanol–water partition coefficient (Wildman–Crippen LogP) is 7.09. The van der Waals surface area contributed by atoms with Gasteiger partial charge in [0, 0.05) is 0 Å². The maximum atomic E-state index is 9.70. The van der Waals surface area contributed by atoms with Gasteiger partial charge in [-0.2, -0.15) is 5.26 Å². The molecule has 0 atom stereocenters. The zero-order chi connectivity index (χ0) is 20.1. The molecule has 2 nitrogen and oxygen atoms in total. The summed E-state index contributed by atoms with van der Waals surface area (Å²) in [5, 5.41) is 12.0. The number of allylic oxidation sites excluding steroid dienone is 1. The van der Waals surface area contributed by atoms with Gasteiger partial charge in [0.05, 0.1) is 15.2 Å². The van der Waals surface area contributed by atoms with Crippen LogP contribution in [0, 0.1) is 14.9 Å². The molecule has 0 aliphatic carbocycles. The number of halogens is 1. The highest BCUT2D eigenvalue weighted by Gasteiger charge is 2.06. The first kappa shape index (κ1) is 19.2. The monoisotopic (exact) mass is 487 g/mol. The van der Waals surface area contributed by atoms with Crippen LogP contribution >= 0.6 is 22.6 Å². The fourth-order valence-corrected chi connectivity index (χ4v) is 3.86. The highest BCUT2D eigenvalue weighted by Crippen LogP contribution is 2.27. The molecule has 0 aliphatic rings. The van der Waals surface area contributed by atoms with Crippen LogP contribution in [0.15, 0.2) is 91.0 Å². The number of rotatable bonds is 5. The quantitative estimate of drug-likeness (QED) is 0.171. The molecule has 0 aliphatic heterocycles. The summed E-state index contributed by atoms with van der Waals surface area (Å²) in [7, 11) is 0. The van der Waals surface area contributed by atoms with Gasteiger partial charge in [0.1, 0.15) is 12.4 Å². The lowest BCUT2D eigenvalue weighted by atomic mass is 10.0. The Morgan fingerprint density at radius 2 is 1.62 bits per heavy atom. The van der Waals surface area contributed by atoms with Crippen molar-refractivity contribution in [3.05, 3.63) is 111 Å². The molecule has 0 aromatic heterocycles. The maximum Gasteiger partial charge on any atom is 0.133 e. The van der Waals surface area contributed by atoms with Gasteiger partial charge in [-0.15, -0.1) is 0 Å². The van der Waals surface area contributed by atoms with E-state index in [2.05, 4.69) is 52.9 Å². The van der Waals surface area contributed by atoms with Crippen molar-refractivity contribution in [2.45, 2.75) is 6.61 Å². The molecule has 0 saturated carbocycles. The number of nitrogens with zero attached hydrogens (tertiary/aromatic N) is 1. The smallest absolute Gasteiger partial charge is 0.133 e. The molecule has 0 amide bonds. The van der Waals surface area contributed by atoms with Crippen molar-refractivity contribution in [1.29, 1.82) is 5.26 Å². The van der Waals surface area contributed by atoms with Crippen molar-refractivity contribution in [3.63, 3.8) is 0 Å². The number of hydrogen-bond acceptors (Lipinski definition) is 2. The number of benzene rings is 4. The van der Waals surface area contributed by atoms with Crippen molar-refractivity contribution in [2.24, 2.45) is 0 Å². The van der Waals surface area contributed by atoms with Crippen LogP contribution in [0.2, 0.25) is 0 Å². The van der Waals surface area contributed by atoms with Crippen molar-refractivity contribution in [1.82, 2.24) is 0 Å². The average Bonchev–Trinajstić information content (AvgIpc) is 2.77. The van der Waals surface area contributed by atoms with E-state index in [0.717, 1.165) is 31.4 Å². The van der Waals surface area contributed by atoms with Gasteiger partial charge in [0.25, 0.3) is 0 Å². The fourth-order valence-electron chi connectivity index (χ4n) is 3.16. The van der Waals surface area contributed by atoms with Crippen LogP contribution in [0.4, 0.5) is 0 Å². The Balaban J connectivity index is 1.57. The number of fused-ring (bicyclic) bond motifs is 1. The van der Waals surface area contributed by atoms with E-state index in [-0.39, 0.29) is 0 Å². The van der Waals surface area contributed by atoms with Crippen LogP contribution in [0.3, 0.4) is 0 Å². The lowest BCUT2D eigenvalue weighted by Gasteiger charge is -2.09. The third-order valence-electron chi connectivity index (χ3n) is 4.69. The molecule has 0 bridgehead atoms. The molecule has 0 fully saturated rings. The first-order valence-electron chi connectivity index (χ1n) is 9.30. The molecular weight excluding hydrogens is 469 g/mol. The van der Waals surface area contributed by atoms with E-state index in [1.807, 2.05) is 72.8 Å². The molecule has 0 saturated heterocycles. The molecular formula is C26H18INO. The Kier molecular flexibility index (Phi) is 5.92. The second kappa shape index (κ2) is 8.93. The van der Waals surface area contributed by atoms with Crippen LogP contribution in [0.25, 0.3) is 22.4 Å². The van der Waals surface area contributed by atoms with E-state index in [0.29, 0.717) is 12.2 Å². The molecule has 4 aromatic rings. The molecule has 140 valence electrons. The average molecular weight is 487 g/mol. The molecule has 3 heteroatoms. The van der Waals surface area contributed by atoms with Crippen molar-refractivity contribution >= 4 is 45.0 Å². The number of nitriles is 1. The van der Waals surface area contributed by atoms with Crippen LogP contribution in [-0.4, -0.2) is 0 Å². The topological polar surface area (TPSA) is 33.0 Å². The molecule has 0 unspecified atom stereocenters. The summed E-state index contributed by atoms with van der Waals surface area (Å²) in [6.07, 6.45) is 1.92. The van der Waals surface area contributed by atoms with Crippen LogP contribution < -0.4 is 4.74 Å². The Labute approximate surface area is 184 Å². The van der Waals surface area contributed by atoms with E-state index in [9.17, 15) is 5.26 Å². The van der Waals surface area contributed by atoms with Crippen molar-refractivity contribution in [2.75, 3.05) is 0 Å². The number of ether oxygens (including phenoxy) is 1. The fraction of sp³-hybridized carbons (Fsp3) is 0.0385. The lowest BCUT2D eigenvalue weighted by Crippen LogP contribution is -1.97. The highest BCUT2D eigenvalue weighted by molar-refractivity contribution is 14.1. The van der Waals surface area contributed by atoms with Crippen LogP contribution in [0.5, 0.6) is 5.75 Å². The van der Waals surface area contributed by atoms with E-state index in [1.165, 1.54) is 5.39 Å². The normalized spacial score (nSPS) is 11.2. The van der Waals surface area contributed by atoms with E-state index in [1.54, 1.807) is 0 Å². The standard InChI is InChI=1S/C26H18INO/c27-25-15-20(10-13-26(25)29-18-19-6-2-1-3-7-19)14-24(17-28)23-12-11-21-8-4-5-9-22(21)16-23/h1-16H,18H2/b24-14-. The Bertz CT molecular complexity index is 1220. The largest absolute Gasteiger partial charge is 0.488 e. The summed E-state index contributed by atoms with van der Waals surface area (Å²) in [5.74, 6) is 0.843. The molecule has 0 N–H and O–H groups in total. The van der Waals surface area contributed by atoms with Gasteiger partial charge in [-0.1, -0.05) is 72.8 Å². The summed E-state index contributed by atoms with van der Waals surface area (Å²) in [5.41, 5.74) is 3.68. The van der Waals surface area contributed by atoms with Crippen molar-refractivity contribution < 1.29 is 4.74 Å². The Morgan fingerprint density at radius 3 is 2.38 bits per heavy atom. The zero-order valence-electron chi connectivity index (χ0n) is 15.7.